The highest BCUT2D eigenvalue weighted by atomic mass is 16.5. The molecule has 0 saturated heterocycles. The number of carbonyl (C=O) groups excluding carboxylic acids is 1. The van der Waals surface area contributed by atoms with Gasteiger partial charge in [-0.25, -0.2) is 9.98 Å². The maximum Gasteiger partial charge on any atom is 0.282 e. The van der Waals surface area contributed by atoms with Gasteiger partial charge in [0.1, 0.15) is 5.69 Å². The van der Waals surface area contributed by atoms with Crippen LogP contribution in [0.4, 0.5) is 11.4 Å². The van der Waals surface area contributed by atoms with Crippen molar-refractivity contribution in [2.45, 2.75) is 18.4 Å². The fourth-order valence-electron chi connectivity index (χ4n) is 2.46. The molecule has 24 heavy (non-hydrogen) atoms. The average Bonchev–Trinajstić information content (AvgIpc) is 3.36. The van der Waals surface area contributed by atoms with Crippen LogP contribution in [0.25, 0.3) is 0 Å². The molecule has 5 N–H and O–H groups in total. The molecule has 7 heteroatoms. The van der Waals surface area contributed by atoms with Gasteiger partial charge >= 0.3 is 0 Å². The van der Waals surface area contributed by atoms with Crippen molar-refractivity contribution in [1.82, 2.24) is 4.98 Å². The number of rotatable bonds is 4. The first-order chi connectivity index (χ1) is 11.5. The highest BCUT2D eigenvalue weighted by Crippen LogP contribution is 2.50. The summed E-state index contributed by atoms with van der Waals surface area (Å²) in [4.78, 5) is 20.7. The van der Waals surface area contributed by atoms with Gasteiger partial charge < -0.3 is 21.5 Å². The van der Waals surface area contributed by atoms with Crippen LogP contribution >= 0.6 is 0 Å². The molecule has 1 aliphatic carbocycles. The topological polar surface area (TPSA) is 116 Å². The van der Waals surface area contributed by atoms with E-state index in [2.05, 4.69) is 15.3 Å². The van der Waals surface area contributed by atoms with E-state index in [9.17, 15) is 4.79 Å². The molecule has 1 saturated carbocycles. The molecule has 3 rings (SSSR count). The lowest BCUT2D eigenvalue weighted by Gasteiger charge is -2.13. The van der Waals surface area contributed by atoms with E-state index in [1.165, 1.54) is 13.3 Å². The first-order valence-electron chi connectivity index (χ1n) is 7.55. The zero-order valence-electron chi connectivity index (χ0n) is 13.3. The number of anilines is 2. The fourth-order valence-corrected chi connectivity index (χ4v) is 2.46. The Balaban J connectivity index is 1.79. The molecule has 1 fully saturated rings. The van der Waals surface area contributed by atoms with Gasteiger partial charge in [-0.15, -0.1) is 0 Å². The molecule has 2 aromatic rings. The smallest absolute Gasteiger partial charge is 0.282 e. The number of nitrogens with two attached hydrogens (primary N) is 2. The van der Waals surface area contributed by atoms with E-state index in [0.717, 1.165) is 18.4 Å². The minimum absolute atomic E-state index is 0.160. The first-order valence-corrected chi connectivity index (χ1v) is 7.55. The van der Waals surface area contributed by atoms with E-state index in [-0.39, 0.29) is 17.5 Å². The SMILES string of the molecule is CO/C(N)=N\C1(c2cccc(NC(=O)c3ccc(N)cn3)c2)CC1. The van der Waals surface area contributed by atoms with E-state index in [4.69, 9.17) is 16.2 Å². The average molecular weight is 325 g/mol. The summed E-state index contributed by atoms with van der Waals surface area (Å²) >= 11 is 0. The summed E-state index contributed by atoms with van der Waals surface area (Å²) in [5.74, 6) is -0.295. The van der Waals surface area contributed by atoms with E-state index < -0.39 is 0 Å². The molecule has 1 aliphatic rings. The lowest BCUT2D eigenvalue weighted by Crippen LogP contribution is -2.18. The number of benzene rings is 1. The van der Waals surface area contributed by atoms with Gasteiger partial charge in [-0.2, -0.15) is 0 Å². The number of aromatic nitrogens is 1. The standard InChI is InChI=1S/C17H19N5O2/c1-24-16(19)22-17(7-8-17)11-3-2-4-13(9-11)21-15(23)14-6-5-12(18)10-20-14/h2-6,9-10H,7-8,18H2,1H3,(H2,19,22)(H,21,23). The molecule has 1 aromatic carbocycles. The molecule has 1 heterocycles. The summed E-state index contributed by atoms with van der Waals surface area (Å²) in [6.45, 7) is 0. The number of ether oxygens (including phenoxy) is 1. The minimum atomic E-state index is -0.347. The van der Waals surface area contributed by atoms with Crippen LogP contribution in [-0.2, 0) is 10.3 Å². The highest BCUT2D eigenvalue weighted by molar-refractivity contribution is 6.03. The summed E-state index contributed by atoms with van der Waals surface area (Å²) in [7, 11) is 1.49. The van der Waals surface area contributed by atoms with Gasteiger partial charge in [0.2, 0.25) is 0 Å². The summed E-state index contributed by atoms with van der Waals surface area (Å²) in [5, 5.41) is 2.83. The molecule has 0 unspecified atom stereocenters. The Kier molecular flexibility index (Phi) is 4.07. The third-order valence-corrected chi connectivity index (χ3v) is 3.93. The summed E-state index contributed by atoms with van der Waals surface area (Å²) < 4.78 is 4.95. The van der Waals surface area contributed by atoms with Crippen molar-refractivity contribution in [3.8, 4) is 0 Å². The summed E-state index contributed by atoms with van der Waals surface area (Å²) in [6.07, 6.45) is 3.24. The molecule has 7 nitrogen and oxygen atoms in total. The van der Waals surface area contributed by atoms with Crippen LogP contribution in [0.2, 0.25) is 0 Å². The van der Waals surface area contributed by atoms with Crippen molar-refractivity contribution in [2.75, 3.05) is 18.2 Å². The van der Waals surface area contributed by atoms with Crippen molar-refractivity contribution in [3.05, 3.63) is 53.9 Å². The molecule has 0 bridgehead atoms. The number of carbonyl (C=O) groups is 1. The van der Waals surface area contributed by atoms with Gasteiger partial charge in [0.05, 0.1) is 24.5 Å². The van der Waals surface area contributed by atoms with Gasteiger partial charge in [-0.1, -0.05) is 12.1 Å². The van der Waals surface area contributed by atoms with Gasteiger partial charge in [0.25, 0.3) is 11.9 Å². The van der Waals surface area contributed by atoms with Crippen LogP contribution in [0.1, 0.15) is 28.9 Å². The third kappa shape index (κ3) is 3.29. The number of hydrogen-bond acceptors (Lipinski definition) is 5. The lowest BCUT2D eigenvalue weighted by atomic mass is 10.0. The quantitative estimate of drug-likeness (QED) is 0.586. The van der Waals surface area contributed by atoms with Crippen LogP contribution in [0, 0.1) is 0 Å². The number of amidine groups is 1. The number of pyridine rings is 1. The molecular weight excluding hydrogens is 306 g/mol. The van der Waals surface area contributed by atoms with Gasteiger partial charge in [-0.3, -0.25) is 4.79 Å². The van der Waals surface area contributed by atoms with Crippen molar-refractivity contribution >= 4 is 23.3 Å². The Morgan fingerprint density at radius 2 is 2.12 bits per heavy atom. The number of nitrogens with zero attached hydrogens (tertiary/aromatic N) is 2. The molecule has 1 amide bonds. The van der Waals surface area contributed by atoms with Crippen molar-refractivity contribution in [3.63, 3.8) is 0 Å². The van der Waals surface area contributed by atoms with E-state index in [1.54, 1.807) is 12.1 Å². The number of hydrogen-bond donors (Lipinski definition) is 3. The number of aliphatic imine (C=N–C) groups is 1. The van der Waals surface area contributed by atoms with Crippen LogP contribution in [0.3, 0.4) is 0 Å². The molecule has 1 aromatic heterocycles. The Hall–Kier alpha value is -3.09. The molecular formula is C17H19N5O2. The predicted molar refractivity (Wildman–Crippen MR) is 92.6 cm³/mol. The van der Waals surface area contributed by atoms with E-state index >= 15 is 0 Å². The Morgan fingerprint density at radius 3 is 2.75 bits per heavy atom. The second-order valence-corrected chi connectivity index (χ2v) is 5.70. The first kappa shape index (κ1) is 15.8. The minimum Gasteiger partial charge on any atom is -0.469 e. The Morgan fingerprint density at radius 1 is 1.33 bits per heavy atom. The Bertz CT molecular complexity index is 782. The van der Waals surface area contributed by atoms with E-state index in [1.807, 2.05) is 24.3 Å². The van der Waals surface area contributed by atoms with Crippen molar-refractivity contribution in [2.24, 2.45) is 10.7 Å². The lowest BCUT2D eigenvalue weighted by molar-refractivity contribution is 0.102. The van der Waals surface area contributed by atoms with Crippen molar-refractivity contribution in [1.29, 1.82) is 0 Å². The van der Waals surface area contributed by atoms with Crippen LogP contribution in [0.5, 0.6) is 0 Å². The normalized spacial score (nSPS) is 15.6. The Labute approximate surface area is 139 Å². The number of amides is 1. The predicted octanol–water partition coefficient (Wildman–Crippen LogP) is 1.87. The second-order valence-electron chi connectivity index (χ2n) is 5.70. The maximum absolute atomic E-state index is 12.2. The van der Waals surface area contributed by atoms with Crippen LogP contribution < -0.4 is 16.8 Å². The number of nitrogen functional groups attached to an aromatic ring is 1. The van der Waals surface area contributed by atoms with Gasteiger partial charge in [0, 0.05) is 5.69 Å². The number of nitrogens with one attached hydrogen (secondary N) is 1. The van der Waals surface area contributed by atoms with Crippen molar-refractivity contribution < 1.29 is 9.53 Å². The fraction of sp³-hybridized carbons (Fsp3) is 0.235. The molecule has 0 radical (unpaired) electrons. The molecule has 0 aliphatic heterocycles. The van der Waals surface area contributed by atoms with Crippen LogP contribution in [-0.4, -0.2) is 24.0 Å². The van der Waals surface area contributed by atoms with Gasteiger partial charge in [0.15, 0.2) is 0 Å². The van der Waals surface area contributed by atoms with Crippen LogP contribution in [0.15, 0.2) is 47.6 Å². The molecule has 124 valence electrons. The monoisotopic (exact) mass is 325 g/mol. The maximum atomic E-state index is 12.2. The van der Waals surface area contributed by atoms with Gasteiger partial charge in [-0.05, 0) is 42.7 Å². The zero-order valence-corrected chi connectivity index (χ0v) is 13.3. The largest absolute Gasteiger partial charge is 0.469 e. The third-order valence-electron chi connectivity index (χ3n) is 3.93. The molecule has 0 atom stereocenters. The molecule has 0 spiro atoms. The zero-order chi connectivity index (χ0) is 17.2. The van der Waals surface area contributed by atoms with E-state index in [0.29, 0.717) is 17.1 Å². The summed E-state index contributed by atoms with van der Waals surface area (Å²) in [6, 6.07) is 10.9. The number of methoxy groups -OCH3 is 1. The second kappa shape index (κ2) is 6.19. The highest BCUT2D eigenvalue weighted by Gasteiger charge is 2.45. The summed E-state index contributed by atoms with van der Waals surface area (Å²) in [5.41, 5.74) is 13.4.